The van der Waals surface area contributed by atoms with Gasteiger partial charge in [0.25, 0.3) is 0 Å². The summed E-state index contributed by atoms with van der Waals surface area (Å²) < 4.78 is 32.5. The van der Waals surface area contributed by atoms with Crippen molar-refractivity contribution >= 4 is 10.4 Å². The molecule has 100 valence electrons. The van der Waals surface area contributed by atoms with E-state index in [0.717, 1.165) is 11.8 Å². The first-order valence-corrected chi connectivity index (χ1v) is 6.72. The van der Waals surface area contributed by atoms with Crippen molar-refractivity contribution in [2.75, 3.05) is 21.1 Å². The maximum absolute atomic E-state index is 11.4. The second-order valence-corrected chi connectivity index (χ2v) is 5.90. The summed E-state index contributed by atoms with van der Waals surface area (Å²) in [6.07, 6.45) is 2.70. The maximum Gasteiger partial charge on any atom is 0.448 e. The Labute approximate surface area is 108 Å². The molecule has 5 nitrogen and oxygen atoms in total. The van der Waals surface area contributed by atoms with Crippen molar-refractivity contribution in [3.63, 3.8) is 0 Å². The molecule has 1 aromatic carbocycles. The second-order valence-electron chi connectivity index (χ2n) is 4.65. The molecular weight excluding hydrogens is 254 g/mol. The first-order chi connectivity index (χ1) is 8.29. The summed E-state index contributed by atoms with van der Waals surface area (Å²) in [6, 6.07) is 9.01. The van der Waals surface area contributed by atoms with Gasteiger partial charge in [0.1, 0.15) is 6.20 Å². The summed E-state index contributed by atoms with van der Waals surface area (Å²) in [5.74, 6) is 0. The van der Waals surface area contributed by atoms with Crippen LogP contribution in [0.2, 0.25) is 0 Å². The number of quaternary nitrogens is 1. The number of nitrogens with zero attached hydrogens (tertiary/aromatic N) is 1. The van der Waals surface area contributed by atoms with E-state index in [1.807, 2.05) is 39.3 Å². The first-order valence-electron chi connectivity index (χ1n) is 5.39. The summed E-state index contributed by atoms with van der Waals surface area (Å²) in [7, 11) is 1.62. The molecule has 18 heavy (non-hydrogen) atoms. The lowest BCUT2D eigenvalue weighted by Gasteiger charge is -2.16. The van der Waals surface area contributed by atoms with E-state index in [1.54, 1.807) is 18.3 Å². The van der Waals surface area contributed by atoms with Gasteiger partial charge in [0.15, 0.2) is 6.26 Å². The highest BCUT2D eigenvalue weighted by Gasteiger charge is 2.11. The van der Waals surface area contributed by atoms with Crippen LogP contribution < -0.4 is 0 Å². The highest BCUT2D eigenvalue weighted by molar-refractivity contribution is 7.81. The Morgan fingerprint density at radius 3 is 2.33 bits per heavy atom. The van der Waals surface area contributed by atoms with Crippen LogP contribution in [-0.4, -0.2) is 34.0 Å². The van der Waals surface area contributed by atoms with E-state index in [2.05, 4.69) is 4.18 Å². The molecule has 0 saturated heterocycles. The Hall–Kier alpha value is -1.37. The Bertz CT molecular complexity index is 489. The predicted octanol–water partition coefficient (Wildman–Crippen LogP) is 1.64. The molecule has 0 spiro atoms. The van der Waals surface area contributed by atoms with Crippen molar-refractivity contribution in [3.05, 3.63) is 48.4 Å². The van der Waals surface area contributed by atoms with Gasteiger partial charge in [-0.2, -0.15) is 8.42 Å². The smallest absolute Gasteiger partial charge is 0.364 e. The van der Waals surface area contributed by atoms with E-state index in [9.17, 15) is 8.42 Å². The maximum atomic E-state index is 11.4. The fourth-order valence-corrected chi connectivity index (χ4v) is 1.54. The van der Waals surface area contributed by atoms with Gasteiger partial charge < -0.3 is 8.67 Å². The van der Waals surface area contributed by atoms with Gasteiger partial charge in [-0.15, -0.1) is 0 Å². The zero-order chi connectivity index (χ0) is 13.6. The molecule has 1 rings (SSSR count). The lowest BCUT2D eigenvalue weighted by Crippen LogP contribution is -2.26. The monoisotopic (exact) mass is 272 g/mol. The van der Waals surface area contributed by atoms with Crippen LogP contribution >= 0.6 is 0 Å². The van der Waals surface area contributed by atoms with Gasteiger partial charge in [-0.25, -0.2) is 4.18 Å². The normalized spacial score (nSPS) is 12.8. The van der Waals surface area contributed by atoms with E-state index >= 15 is 0 Å². The van der Waals surface area contributed by atoms with E-state index in [4.69, 9.17) is 4.18 Å². The molecule has 0 radical (unpaired) electrons. The van der Waals surface area contributed by atoms with Crippen LogP contribution in [0.3, 0.4) is 0 Å². The van der Waals surface area contributed by atoms with Gasteiger partial charge >= 0.3 is 10.4 Å². The number of hydrogen-bond acceptors (Lipinski definition) is 4. The third-order valence-corrected chi connectivity index (χ3v) is 2.65. The van der Waals surface area contributed by atoms with E-state index < -0.39 is 10.4 Å². The van der Waals surface area contributed by atoms with Crippen molar-refractivity contribution < 1.29 is 21.3 Å². The molecule has 0 fully saturated rings. The van der Waals surface area contributed by atoms with Gasteiger partial charge in [0, 0.05) is 0 Å². The van der Waals surface area contributed by atoms with Crippen LogP contribution in [0.5, 0.6) is 0 Å². The topological polar surface area (TPSA) is 52.6 Å². The minimum Gasteiger partial charge on any atom is -0.364 e. The standard InChI is InChI=1S/C12H18NO4S/c1-13(2,3)9-10-16-18(14,15)17-11-12-7-5-4-6-8-12/h4-10H,11H2,1-3H3/q+1. The van der Waals surface area contributed by atoms with Crippen LogP contribution in [0, 0.1) is 0 Å². The molecule has 0 aliphatic heterocycles. The number of rotatable bonds is 6. The summed E-state index contributed by atoms with van der Waals surface area (Å²) in [5, 5.41) is 0. The van der Waals surface area contributed by atoms with Gasteiger partial charge in [-0.1, -0.05) is 30.3 Å². The Kier molecular flexibility index (Phi) is 4.89. The Balaban J connectivity index is 2.49. The highest BCUT2D eigenvalue weighted by atomic mass is 32.3. The van der Waals surface area contributed by atoms with Gasteiger partial charge in [0.05, 0.1) is 27.7 Å². The molecule has 0 unspecified atom stereocenters. The fraction of sp³-hybridized carbons (Fsp3) is 0.333. The quantitative estimate of drug-likeness (QED) is 0.583. The molecule has 0 heterocycles. The largest absolute Gasteiger partial charge is 0.448 e. The molecule has 6 heteroatoms. The van der Waals surface area contributed by atoms with Gasteiger partial charge in [-0.3, -0.25) is 0 Å². The molecule has 0 N–H and O–H groups in total. The molecule has 0 bridgehead atoms. The van der Waals surface area contributed by atoms with Crippen LogP contribution in [0.1, 0.15) is 5.56 Å². The summed E-state index contributed by atoms with van der Waals surface area (Å²) in [4.78, 5) is 0. The highest BCUT2D eigenvalue weighted by Crippen LogP contribution is 2.06. The minimum absolute atomic E-state index is 0.0403. The van der Waals surface area contributed by atoms with Crippen molar-refractivity contribution in [1.82, 2.24) is 0 Å². The number of hydrogen-bond donors (Lipinski definition) is 0. The zero-order valence-corrected chi connectivity index (χ0v) is 11.6. The van der Waals surface area contributed by atoms with E-state index in [0.29, 0.717) is 4.48 Å². The van der Waals surface area contributed by atoms with Crippen LogP contribution in [0.4, 0.5) is 0 Å². The fourth-order valence-electron chi connectivity index (χ4n) is 1.02. The second kappa shape index (κ2) is 5.99. The Morgan fingerprint density at radius 1 is 1.17 bits per heavy atom. The summed E-state index contributed by atoms with van der Waals surface area (Å²) >= 11 is 0. The van der Waals surface area contributed by atoms with E-state index in [1.165, 1.54) is 0 Å². The first kappa shape index (κ1) is 14.7. The zero-order valence-electron chi connectivity index (χ0n) is 10.7. The van der Waals surface area contributed by atoms with Gasteiger partial charge in [-0.05, 0) is 5.56 Å². The SMILES string of the molecule is C[N+](C)(C)C=COS(=O)(=O)OCc1ccccc1. The molecule has 0 atom stereocenters. The number of benzene rings is 1. The molecule has 0 aromatic heterocycles. The van der Waals surface area contributed by atoms with Crippen LogP contribution in [0.25, 0.3) is 0 Å². The molecule has 0 aliphatic carbocycles. The third kappa shape index (κ3) is 6.39. The van der Waals surface area contributed by atoms with E-state index in [-0.39, 0.29) is 6.61 Å². The average molecular weight is 272 g/mol. The van der Waals surface area contributed by atoms with Crippen LogP contribution in [-0.2, 0) is 25.4 Å². The third-order valence-electron chi connectivity index (χ3n) is 1.89. The van der Waals surface area contributed by atoms with Crippen molar-refractivity contribution in [2.24, 2.45) is 0 Å². The molecule has 1 aromatic rings. The molecule has 0 saturated carbocycles. The summed E-state index contributed by atoms with van der Waals surface area (Å²) in [6.45, 7) is -0.0403. The molecule has 0 aliphatic rings. The van der Waals surface area contributed by atoms with Crippen molar-refractivity contribution in [1.29, 1.82) is 0 Å². The average Bonchev–Trinajstić information content (AvgIpc) is 2.26. The Morgan fingerprint density at radius 2 is 1.78 bits per heavy atom. The minimum atomic E-state index is -4.00. The predicted molar refractivity (Wildman–Crippen MR) is 68.4 cm³/mol. The molecule has 0 amide bonds. The van der Waals surface area contributed by atoms with Crippen LogP contribution in [0.15, 0.2) is 42.8 Å². The lowest BCUT2D eigenvalue weighted by molar-refractivity contribution is -0.817. The molecular formula is C12H18NO4S+. The van der Waals surface area contributed by atoms with Gasteiger partial charge in [0.2, 0.25) is 0 Å². The lowest BCUT2D eigenvalue weighted by atomic mass is 10.2. The van der Waals surface area contributed by atoms with Crippen molar-refractivity contribution in [3.8, 4) is 0 Å². The van der Waals surface area contributed by atoms with Crippen molar-refractivity contribution in [2.45, 2.75) is 6.61 Å². The summed E-state index contributed by atoms with van der Waals surface area (Å²) in [5.41, 5.74) is 0.764.